The number of carbonyl (C=O) groups is 1. The topological polar surface area (TPSA) is 91.5 Å². The Labute approximate surface area is 107 Å². The fraction of sp³-hybridized carbons (Fsp3) is 0.500. The zero-order chi connectivity index (χ0) is 13.7. The van der Waals surface area contributed by atoms with E-state index in [4.69, 9.17) is 10.9 Å². The predicted octanol–water partition coefficient (Wildman–Crippen LogP) is 0.555. The second-order valence-corrected chi connectivity index (χ2v) is 4.42. The molecular formula is C12H20N4O2. The molecule has 0 bridgehead atoms. The summed E-state index contributed by atoms with van der Waals surface area (Å²) in [6, 6.07) is 3.35. The van der Waals surface area contributed by atoms with Gasteiger partial charge in [0.1, 0.15) is 5.82 Å². The van der Waals surface area contributed by atoms with Gasteiger partial charge in [-0.1, -0.05) is 13.8 Å². The third-order valence-corrected chi connectivity index (χ3v) is 2.61. The van der Waals surface area contributed by atoms with E-state index < -0.39 is 0 Å². The van der Waals surface area contributed by atoms with Crippen molar-refractivity contribution in [3.05, 3.63) is 23.4 Å². The fourth-order valence-corrected chi connectivity index (χ4v) is 1.52. The highest BCUT2D eigenvalue weighted by molar-refractivity contribution is 5.94. The van der Waals surface area contributed by atoms with Crippen LogP contribution in [0.5, 0.6) is 0 Å². The molecule has 0 radical (unpaired) electrons. The number of carbonyl (C=O) groups excluding carboxylic acids is 1. The number of amides is 1. The molecule has 0 aromatic carbocycles. The Morgan fingerprint density at radius 2 is 2.22 bits per heavy atom. The molecule has 0 saturated carbocycles. The van der Waals surface area contributed by atoms with Crippen molar-refractivity contribution in [2.45, 2.75) is 19.8 Å². The number of nitrogen functional groups attached to an aromatic ring is 1. The molecule has 18 heavy (non-hydrogen) atoms. The number of likely N-dealkylation sites (N-methyl/N-ethyl adjacent to an activating group) is 1. The number of aliphatic hydroxyl groups is 1. The fourth-order valence-electron chi connectivity index (χ4n) is 1.52. The highest BCUT2D eigenvalue weighted by atomic mass is 16.3. The van der Waals surface area contributed by atoms with Gasteiger partial charge >= 0.3 is 0 Å². The largest absolute Gasteiger partial charge is 0.395 e. The molecule has 0 fully saturated rings. The lowest BCUT2D eigenvalue weighted by atomic mass is 10.1. The van der Waals surface area contributed by atoms with Gasteiger partial charge in [0, 0.05) is 24.8 Å². The van der Waals surface area contributed by atoms with Crippen molar-refractivity contribution >= 4 is 11.7 Å². The van der Waals surface area contributed by atoms with Crippen LogP contribution in [-0.4, -0.2) is 41.1 Å². The average molecular weight is 252 g/mol. The van der Waals surface area contributed by atoms with Gasteiger partial charge < -0.3 is 15.4 Å². The highest BCUT2D eigenvalue weighted by Crippen LogP contribution is 2.18. The summed E-state index contributed by atoms with van der Waals surface area (Å²) in [4.78, 5) is 17.8. The van der Waals surface area contributed by atoms with Crippen LogP contribution in [0.2, 0.25) is 0 Å². The van der Waals surface area contributed by atoms with Gasteiger partial charge in [0.15, 0.2) is 0 Å². The Bertz CT molecular complexity index is 421. The number of anilines is 1. The number of hydrazine groups is 1. The van der Waals surface area contributed by atoms with Gasteiger partial charge in [-0.25, -0.2) is 10.8 Å². The summed E-state index contributed by atoms with van der Waals surface area (Å²) >= 11 is 0. The van der Waals surface area contributed by atoms with Gasteiger partial charge in [0.25, 0.3) is 5.91 Å². The zero-order valence-electron chi connectivity index (χ0n) is 11.0. The maximum absolute atomic E-state index is 12.1. The molecule has 4 N–H and O–H groups in total. The van der Waals surface area contributed by atoms with E-state index in [0.29, 0.717) is 17.9 Å². The quantitative estimate of drug-likeness (QED) is 0.526. The minimum atomic E-state index is -0.162. The third-order valence-electron chi connectivity index (χ3n) is 2.61. The van der Waals surface area contributed by atoms with Crippen LogP contribution in [0.1, 0.15) is 35.8 Å². The maximum atomic E-state index is 12.1. The van der Waals surface area contributed by atoms with E-state index >= 15 is 0 Å². The summed E-state index contributed by atoms with van der Waals surface area (Å²) in [6.07, 6.45) is 0. The molecule has 100 valence electrons. The molecule has 0 unspecified atom stereocenters. The second kappa shape index (κ2) is 6.32. The van der Waals surface area contributed by atoms with Crippen LogP contribution in [0.15, 0.2) is 12.1 Å². The van der Waals surface area contributed by atoms with Gasteiger partial charge in [-0.05, 0) is 18.1 Å². The molecule has 0 aliphatic rings. The molecule has 1 amide bonds. The first-order valence-electron chi connectivity index (χ1n) is 5.84. The normalized spacial score (nSPS) is 10.6. The van der Waals surface area contributed by atoms with Crippen molar-refractivity contribution < 1.29 is 9.90 Å². The van der Waals surface area contributed by atoms with Crippen LogP contribution in [0, 0.1) is 0 Å². The summed E-state index contributed by atoms with van der Waals surface area (Å²) in [5, 5.41) is 8.84. The van der Waals surface area contributed by atoms with Crippen molar-refractivity contribution in [3.63, 3.8) is 0 Å². The van der Waals surface area contributed by atoms with E-state index in [1.807, 2.05) is 13.8 Å². The molecule has 1 heterocycles. The Hall–Kier alpha value is -1.66. The summed E-state index contributed by atoms with van der Waals surface area (Å²) in [5.74, 6) is 5.85. The lowest BCUT2D eigenvalue weighted by molar-refractivity contribution is 0.0767. The lowest BCUT2D eigenvalue weighted by Gasteiger charge is -2.17. The summed E-state index contributed by atoms with van der Waals surface area (Å²) in [7, 11) is 1.64. The van der Waals surface area contributed by atoms with Crippen LogP contribution in [0.4, 0.5) is 5.82 Å². The molecule has 0 spiro atoms. The SMILES string of the molecule is CC(C)c1cc(C(=O)N(C)CCO)cc(NN)n1. The number of pyridine rings is 1. The Morgan fingerprint density at radius 3 is 2.72 bits per heavy atom. The minimum Gasteiger partial charge on any atom is -0.395 e. The predicted molar refractivity (Wildman–Crippen MR) is 70.2 cm³/mol. The molecule has 0 aliphatic carbocycles. The standard InChI is InChI=1S/C12H20N4O2/c1-8(2)10-6-9(7-11(14-10)15-13)12(18)16(3)4-5-17/h6-8,17H,4-5,13H2,1-3H3,(H,14,15). The van der Waals surface area contributed by atoms with Crippen LogP contribution in [-0.2, 0) is 0 Å². The zero-order valence-corrected chi connectivity index (χ0v) is 11.0. The van der Waals surface area contributed by atoms with Crippen molar-refractivity contribution in [1.82, 2.24) is 9.88 Å². The van der Waals surface area contributed by atoms with Gasteiger partial charge in [-0.15, -0.1) is 0 Å². The van der Waals surface area contributed by atoms with Crippen molar-refractivity contribution in [2.75, 3.05) is 25.6 Å². The van der Waals surface area contributed by atoms with E-state index in [1.165, 1.54) is 4.90 Å². The average Bonchev–Trinajstić information content (AvgIpc) is 2.37. The Morgan fingerprint density at radius 1 is 1.56 bits per heavy atom. The van der Waals surface area contributed by atoms with Gasteiger partial charge in [-0.2, -0.15) is 0 Å². The van der Waals surface area contributed by atoms with Crippen LogP contribution < -0.4 is 11.3 Å². The van der Waals surface area contributed by atoms with E-state index in [0.717, 1.165) is 5.69 Å². The molecule has 0 saturated heterocycles. The molecule has 6 heteroatoms. The van der Waals surface area contributed by atoms with Gasteiger partial charge in [-0.3, -0.25) is 4.79 Å². The number of aromatic nitrogens is 1. The van der Waals surface area contributed by atoms with Crippen molar-refractivity contribution in [1.29, 1.82) is 0 Å². The first-order valence-corrected chi connectivity index (χ1v) is 5.84. The minimum absolute atomic E-state index is 0.0631. The summed E-state index contributed by atoms with van der Waals surface area (Å²) in [6.45, 7) is 4.22. The highest BCUT2D eigenvalue weighted by Gasteiger charge is 2.14. The van der Waals surface area contributed by atoms with E-state index in [1.54, 1.807) is 19.2 Å². The Balaban J connectivity index is 3.07. The number of nitrogens with one attached hydrogen (secondary N) is 1. The number of aliphatic hydroxyl groups excluding tert-OH is 1. The van der Waals surface area contributed by atoms with E-state index in [-0.39, 0.29) is 18.4 Å². The number of hydrogen-bond donors (Lipinski definition) is 3. The maximum Gasteiger partial charge on any atom is 0.253 e. The van der Waals surface area contributed by atoms with Gasteiger partial charge in [0.05, 0.1) is 6.61 Å². The first kappa shape index (κ1) is 14.4. The van der Waals surface area contributed by atoms with Crippen LogP contribution in [0.3, 0.4) is 0 Å². The third kappa shape index (κ3) is 3.41. The number of hydrogen-bond acceptors (Lipinski definition) is 5. The monoisotopic (exact) mass is 252 g/mol. The second-order valence-electron chi connectivity index (χ2n) is 4.42. The molecular weight excluding hydrogens is 232 g/mol. The molecule has 0 atom stereocenters. The van der Waals surface area contributed by atoms with Crippen LogP contribution >= 0.6 is 0 Å². The first-order chi connectivity index (χ1) is 8.49. The van der Waals surface area contributed by atoms with E-state index in [9.17, 15) is 4.79 Å². The number of rotatable bonds is 5. The van der Waals surface area contributed by atoms with Crippen molar-refractivity contribution in [3.8, 4) is 0 Å². The van der Waals surface area contributed by atoms with Crippen LogP contribution in [0.25, 0.3) is 0 Å². The molecule has 0 aliphatic heterocycles. The van der Waals surface area contributed by atoms with E-state index in [2.05, 4.69) is 10.4 Å². The molecule has 1 aromatic heterocycles. The molecule has 1 aromatic rings. The lowest BCUT2D eigenvalue weighted by Crippen LogP contribution is -2.29. The smallest absolute Gasteiger partial charge is 0.253 e. The summed E-state index contributed by atoms with van der Waals surface area (Å²) in [5.41, 5.74) is 3.77. The Kier molecular flexibility index (Phi) is 5.06. The number of nitrogens with two attached hydrogens (primary N) is 1. The van der Waals surface area contributed by atoms with Gasteiger partial charge in [0.2, 0.25) is 0 Å². The molecule has 1 rings (SSSR count). The number of nitrogens with zero attached hydrogens (tertiary/aromatic N) is 2. The molecule has 6 nitrogen and oxygen atoms in total. The van der Waals surface area contributed by atoms with Crippen molar-refractivity contribution in [2.24, 2.45) is 5.84 Å². The summed E-state index contributed by atoms with van der Waals surface area (Å²) < 4.78 is 0.